The molecule has 0 saturated heterocycles. The van der Waals surface area contributed by atoms with Gasteiger partial charge in [0.1, 0.15) is 5.58 Å². The first kappa shape index (κ1) is 20.7. The van der Waals surface area contributed by atoms with E-state index in [-0.39, 0.29) is 34.7 Å². The maximum Gasteiger partial charge on any atom is 0.291 e. The lowest BCUT2D eigenvalue weighted by Crippen LogP contribution is -2.53. The average Bonchev–Trinajstić information content (AvgIpc) is 3.19. The maximum atomic E-state index is 14.0. The van der Waals surface area contributed by atoms with E-state index in [2.05, 4.69) is 0 Å². The van der Waals surface area contributed by atoms with Crippen LogP contribution in [-0.4, -0.2) is 43.5 Å². The van der Waals surface area contributed by atoms with E-state index < -0.39 is 16.9 Å². The number of likely N-dealkylation sites (N-methyl/N-ethyl adjacent to an activating group) is 1. The number of benzene rings is 2. The second-order valence-electron chi connectivity index (χ2n) is 7.86. The molecule has 0 bridgehead atoms. The van der Waals surface area contributed by atoms with E-state index in [1.807, 2.05) is 25.1 Å². The molecular weight excluding hydrogens is 432 g/mol. The zero-order valence-electron chi connectivity index (χ0n) is 17.7. The number of ether oxygens (including phenoxy) is 1. The van der Waals surface area contributed by atoms with Crippen LogP contribution in [0.15, 0.2) is 51.7 Å². The van der Waals surface area contributed by atoms with E-state index in [9.17, 15) is 14.4 Å². The van der Waals surface area contributed by atoms with Gasteiger partial charge in [-0.15, -0.1) is 0 Å². The molecular formula is C24H21ClN2O5. The topological polar surface area (TPSA) is 80.1 Å². The Kier molecular flexibility index (Phi) is 4.83. The summed E-state index contributed by atoms with van der Waals surface area (Å²) in [6, 6.07) is 12.0. The van der Waals surface area contributed by atoms with Gasteiger partial charge in [0.2, 0.25) is 5.76 Å². The summed E-state index contributed by atoms with van der Waals surface area (Å²) in [6.07, 6.45) is 0.499. The zero-order chi connectivity index (χ0) is 22.6. The summed E-state index contributed by atoms with van der Waals surface area (Å²) in [7, 11) is 1.58. The smallest absolute Gasteiger partial charge is 0.291 e. The minimum Gasteiger partial charge on any atom is -0.450 e. The third-order valence-electron chi connectivity index (χ3n) is 6.24. The molecule has 3 heterocycles. The molecule has 1 spiro atoms. The molecule has 1 unspecified atom stereocenters. The number of fused-ring (bicyclic) bond motifs is 5. The van der Waals surface area contributed by atoms with Crippen LogP contribution >= 0.6 is 11.6 Å². The van der Waals surface area contributed by atoms with Crippen LogP contribution in [0.5, 0.6) is 0 Å². The molecule has 8 heteroatoms. The Morgan fingerprint density at radius 3 is 2.66 bits per heavy atom. The van der Waals surface area contributed by atoms with E-state index >= 15 is 0 Å². The lowest BCUT2D eigenvalue weighted by molar-refractivity contribution is -0.126. The van der Waals surface area contributed by atoms with Crippen molar-refractivity contribution in [3.63, 3.8) is 0 Å². The fraction of sp³-hybridized carbons (Fsp3) is 0.292. The fourth-order valence-corrected chi connectivity index (χ4v) is 5.12. The predicted molar refractivity (Wildman–Crippen MR) is 120 cm³/mol. The minimum atomic E-state index is -1.58. The molecule has 2 aliphatic rings. The van der Waals surface area contributed by atoms with Crippen molar-refractivity contribution in [1.29, 1.82) is 0 Å². The Bertz CT molecular complexity index is 1330. The summed E-state index contributed by atoms with van der Waals surface area (Å²) in [5.41, 5.74) is -0.404. The normalized spacial score (nSPS) is 19.3. The molecule has 32 heavy (non-hydrogen) atoms. The van der Waals surface area contributed by atoms with Crippen molar-refractivity contribution in [1.82, 2.24) is 4.90 Å². The lowest BCUT2D eigenvalue weighted by Gasteiger charge is -2.34. The van der Waals surface area contributed by atoms with Gasteiger partial charge in [-0.3, -0.25) is 14.4 Å². The fourth-order valence-electron chi connectivity index (χ4n) is 4.94. The number of carbonyl (C=O) groups excluding carboxylic acids is 2. The monoisotopic (exact) mass is 452 g/mol. The molecule has 5 rings (SSSR count). The number of nitrogens with zero attached hydrogens (tertiary/aromatic N) is 2. The molecule has 1 aromatic heterocycles. The molecule has 2 amide bonds. The van der Waals surface area contributed by atoms with Gasteiger partial charge in [0.05, 0.1) is 16.6 Å². The van der Waals surface area contributed by atoms with Crippen molar-refractivity contribution in [2.45, 2.75) is 18.9 Å². The van der Waals surface area contributed by atoms with Gasteiger partial charge in [0, 0.05) is 37.4 Å². The van der Waals surface area contributed by atoms with Crippen molar-refractivity contribution in [3.05, 3.63) is 74.6 Å². The Morgan fingerprint density at radius 2 is 1.91 bits per heavy atom. The second-order valence-corrected chi connectivity index (χ2v) is 8.29. The van der Waals surface area contributed by atoms with Crippen LogP contribution in [0.1, 0.15) is 35.0 Å². The Morgan fingerprint density at radius 1 is 1.12 bits per heavy atom. The first-order valence-corrected chi connectivity index (χ1v) is 10.8. The Labute approximate surface area is 189 Å². The number of carbonyl (C=O) groups is 2. The van der Waals surface area contributed by atoms with Gasteiger partial charge in [0.25, 0.3) is 11.8 Å². The van der Waals surface area contributed by atoms with E-state index in [0.717, 1.165) is 0 Å². The van der Waals surface area contributed by atoms with Crippen molar-refractivity contribution in [2.75, 3.05) is 31.7 Å². The summed E-state index contributed by atoms with van der Waals surface area (Å²) in [4.78, 5) is 44.5. The third-order valence-corrected chi connectivity index (χ3v) is 6.48. The number of methoxy groups -OCH3 is 1. The molecule has 164 valence electrons. The van der Waals surface area contributed by atoms with Crippen LogP contribution in [0.3, 0.4) is 0 Å². The highest BCUT2D eigenvalue weighted by Gasteiger charge is 2.64. The van der Waals surface area contributed by atoms with Gasteiger partial charge >= 0.3 is 0 Å². The highest BCUT2D eigenvalue weighted by molar-refractivity contribution is 6.31. The molecule has 3 aromatic rings. The first-order chi connectivity index (χ1) is 15.5. The van der Waals surface area contributed by atoms with E-state index in [1.54, 1.807) is 30.2 Å². The van der Waals surface area contributed by atoms with E-state index in [4.69, 9.17) is 20.8 Å². The van der Waals surface area contributed by atoms with Gasteiger partial charge in [0.15, 0.2) is 11.0 Å². The minimum absolute atomic E-state index is 0.0584. The molecule has 0 fully saturated rings. The average molecular weight is 453 g/mol. The van der Waals surface area contributed by atoms with Gasteiger partial charge in [-0.2, -0.15) is 0 Å². The van der Waals surface area contributed by atoms with E-state index in [0.29, 0.717) is 35.8 Å². The number of anilines is 1. The quantitative estimate of drug-likeness (QED) is 0.553. The van der Waals surface area contributed by atoms with Crippen LogP contribution in [0, 0.1) is 0 Å². The lowest BCUT2D eigenvalue weighted by atomic mass is 9.84. The van der Waals surface area contributed by atoms with Crippen molar-refractivity contribution < 1.29 is 18.7 Å². The van der Waals surface area contributed by atoms with Crippen LogP contribution in [0.4, 0.5) is 5.69 Å². The number of hydrogen-bond acceptors (Lipinski definition) is 5. The first-order valence-electron chi connectivity index (χ1n) is 10.5. The summed E-state index contributed by atoms with van der Waals surface area (Å²) in [5, 5.41) is 0.607. The molecule has 0 radical (unpaired) electrons. The second kappa shape index (κ2) is 7.46. The van der Waals surface area contributed by atoms with Crippen LogP contribution < -0.4 is 10.3 Å². The molecule has 0 saturated carbocycles. The number of rotatable bonds is 5. The summed E-state index contributed by atoms with van der Waals surface area (Å²) in [6.45, 7) is 2.90. The highest BCUT2D eigenvalue weighted by atomic mass is 35.5. The number of halogens is 1. The highest BCUT2D eigenvalue weighted by Crippen LogP contribution is 2.52. The van der Waals surface area contributed by atoms with Gasteiger partial charge in [-0.25, -0.2) is 0 Å². The summed E-state index contributed by atoms with van der Waals surface area (Å²) >= 11 is 6.14. The van der Waals surface area contributed by atoms with Gasteiger partial charge < -0.3 is 19.0 Å². The number of hydrogen-bond donors (Lipinski definition) is 0. The van der Waals surface area contributed by atoms with E-state index in [1.165, 1.54) is 11.0 Å². The van der Waals surface area contributed by atoms with Crippen molar-refractivity contribution >= 4 is 40.1 Å². The van der Waals surface area contributed by atoms with Crippen LogP contribution in [0.25, 0.3) is 11.0 Å². The molecule has 1 atom stereocenters. The number of para-hydroxylation sites is 1. The van der Waals surface area contributed by atoms with Crippen molar-refractivity contribution in [3.8, 4) is 0 Å². The van der Waals surface area contributed by atoms with Crippen molar-refractivity contribution in [2.24, 2.45) is 0 Å². The van der Waals surface area contributed by atoms with Crippen LogP contribution in [-0.2, 0) is 15.1 Å². The molecule has 7 nitrogen and oxygen atoms in total. The Hall–Kier alpha value is -3.16. The van der Waals surface area contributed by atoms with Gasteiger partial charge in [-0.05, 0) is 37.6 Å². The Balaban J connectivity index is 1.88. The number of amides is 2. The largest absolute Gasteiger partial charge is 0.450 e. The molecule has 0 aliphatic carbocycles. The molecule has 2 aromatic carbocycles. The molecule has 2 aliphatic heterocycles. The molecule has 0 N–H and O–H groups in total. The standard InChI is InChI=1S/C24H21ClN2O5/c1-3-26-17-8-5-4-7-16(17)24(23(26)30)19-20(28)15-13-14(25)9-10-18(15)32-21(19)22(29)27(24)11-6-12-31-2/h4-5,7-10,13H,3,6,11-12H2,1-2H3. The van der Waals surface area contributed by atoms with Gasteiger partial charge in [-0.1, -0.05) is 29.8 Å². The SMILES string of the molecule is CCN1C(=O)C2(c3ccccc31)c1c(oc3ccc(Cl)cc3c1=O)C(=O)N2CCCOC. The summed E-state index contributed by atoms with van der Waals surface area (Å²) in [5.74, 6) is -0.908. The third kappa shape index (κ3) is 2.55. The summed E-state index contributed by atoms with van der Waals surface area (Å²) < 4.78 is 11.1. The zero-order valence-corrected chi connectivity index (χ0v) is 18.4. The van der Waals surface area contributed by atoms with Crippen LogP contribution in [0.2, 0.25) is 5.02 Å². The maximum absolute atomic E-state index is 14.0. The predicted octanol–water partition coefficient (Wildman–Crippen LogP) is 3.55.